The second-order valence-corrected chi connectivity index (χ2v) is 9.27. The summed E-state index contributed by atoms with van der Waals surface area (Å²) in [6.07, 6.45) is 1.54. The van der Waals surface area contributed by atoms with Gasteiger partial charge in [0.15, 0.2) is 0 Å². The SMILES string of the molecule is CCOc1cccc(NC(=O)/C(C#N)=C\c2cc(Br)c(OCc3ccc(Cl)cc3)c(I)c2)c1. The van der Waals surface area contributed by atoms with E-state index in [0.29, 0.717) is 41.0 Å². The molecule has 0 heterocycles. The third-order valence-electron chi connectivity index (χ3n) is 4.40. The van der Waals surface area contributed by atoms with Crippen molar-refractivity contribution in [2.45, 2.75) is 13.5 Å². The van der Waals surface area contributed by atoms with Gasteiger partial charge in [0.1, 0.15) is 29.7 Å². The van der Waals surface area contributed by atoms with Gasteiger partial charge in [0, 0.05) is 16.8 Å². The number of carbonyl (C=O) groups is 1. The molecule has 0 saturated heterocycles. The van der Waals surface area contributed by atoms with Gasteiger partial charge in [-0.2, -0.15) is 5.26 Å². The average Bonchev–Trinajstić information content (AvgIpc) is 2.78. The van der Waals surface area contributed by atoms with Gasteiger partial charge in [-0.1, -0.05) is 29.8 Å². The van der Waals surface area contributed by atoms with E-state index in [1.54, 1.807) is 30.3 Å². The van der Waals surface area contributed by atoms with Crippen LogP contribution in [0.15, 0.2) is 70.7 Å². The number of halogens is 3. The maximum atomic E-state index is 12.6. The molecule has 0 aromatic heterocycles. The molecule has 0 fully saturated rings. The van der Waals surface area contributed by atoms with Crippen molar-refractivity contribution in [2.24, 2.45) is 0 Å². The van der Waals surface area contributed by atoms with E-state index in [-0.39, 0.29) is 5.57 Å². The second-order valence-electron chi connectivity index (χ2n) is 6.81. The first-order chi connectivity index (χ1) is 15.9. The van der Waals surface area contributed by atoms with Crippen LogP contribution in [0.3, 0.4) is 0 Å². The van der Waals surface area contributed by atoms with Gasteiger partial charge in [-0.05, 0) is 99.0 Å². The van der Waals surface area contributed by atoms with E-state index >= 15 is 0 Å². The van der Waals surface area contributed by atoms with Crippen molar-refractivity contribution < 1.29 is 14.3 Å². The molecule has 0 aliphatic heterocycles. The van der Waals surface area contributed by atoms with Gasteiger partial charge in [0.2, 0.25) is 0 Å². The fourth-order valence-electron chi connectivity index (χ4n) is 2.88. The van der Waals surface area contributed by atoms with Crippen molar-refractivity contribution in [1.29, 1.82) is 5.26 Å². The van der Waals surface area contributed by atoms with Gasteiger partial charge >= 0.3 is 0 Å². The normalized spacial score (nSPS) is 10.9. The Morgan fingerprint density at radius 1 is 1.18 bits per heavy atom. The van der Waals surface area contributed by atoms with E-state index in [4.69, 9.17) is 21.1 Å². The number of nitrogens with zero attached hydrogens (tertiary/aromatic N) is 1. The molecule has 0 unspecified atom stereocenters. The largest absolute Gasteiger partial charge is 0.494 e. The van der Waals surface area contributed by atoms with Crippen LogP contribution in [0.5, 0.6) is 11.5 Å². The molecule has 0 bridgehead atoms. The Morgan fingerprint density at radius 2 is 1.94 bits per heavy atom. The van der Waals surface area contributed by atoms with Crippen molar-refractivity contribution >= 4 is 67.8 Å². The van der Waals surface area contributed by atoms with E-state index in [0.717, 1.165) is 13.6 Å². The molecule has 8 heteroatoms. The summed E-state index contributed by atoms with van der Waals surface area (Å²) in [6, 6.07) is 20.1. The van der Waals surface area contributed by atoms with Crippen LogP contribution in [0.1, 0.15) is 18.1 Å². The summed E-state index contributed by atoms with van der Waals surface area (Å²) in [5.74, 6) is 0.823. The second kappa shape index (κ2) is 12.1. The topological polar surface area (TPSA) is 71.3 Å². The molecule has 0 radical (unpaired) electrons. The number of benzene rings is 3. The molecule has 3 rings (SSSR count). The molecular weight excluding hydrogens is 619 g/mol. The highest BCUT2D eigenvalue weighted by Crippen LogP contribution is 2.33. The molecule has 33 heavy (non-hydrogen) atoms. The van der Waals surface area contributed by atoms with E-state index in [1.165, 1.54) is 6.08 Å². The molecule has 0 aliphatic carbocycles. The van der Waals surface area contributed by atoms with Crippen molar-refractivity contribution in [3.8, 4) is 17.6 Å². The summed E-state index contributed by atoms with van der Waals surface area (Å²) < 4.78 is 13.0. The highest BCUT2D eigenvalue weighted by molar-refractivity contribution is 14.1. The van der Waals surface area contributed by atoms with Crippen LogP contribution in [0.25, 0.3) is 6.08 Å². The zero-order chi connectivity index (χ0) is 23.8. The third kappa shape index (κ3) is 7.22. The molecule has 3 aromatic carbocycles. The predicted octanol–water partition coefficient (Wildman–Crippen LogP) is 7.23. The van der Waals surface area contributed by atoms with Crippen LogP contribution in [-0.2, 0) is 11.4 Å². The molecule has 168 valence electrons. The van der Waals surface area contributed by atoms with E-state index < -0.39 is 5.91 Å². The van der Waals surface area contributed by atoms with Crippen LogP contribution >= 0.6 is 50.1 Å². The molecule has 0 saturated carbocycles. The Labute approximate surface area is 219 Å². The summed E-state index contributed by atoms with van der Waals surface area (Å²) >= 11 is 11.6. The van der Waals surface area contributed by atoms with Gasteiger partial charge in [-0.3, -0.25) is 4.79 Å². The molecular formula is C25H19BrClIN2O3. The standard InChI is InChI=1S/C25H19BrClIN2O3/c1-2-32-21-5-3-4-20(13-21)30-25(31)18(14-29)10-17-11-22(26)24(23(28)12-17)33-15-16-6-8-19(27)9-7-16/h3-13H,2,15H2,1H3,(H,30,31)/b18-10-. The number of rotatable bonds is 8. The van der Waals surface area contributed by atoms with Gasteiger partial charge in [0.05, 0.1) is 14.6 Å². The van der Waals surface area contributed by atoms with Crippen molar-refractivity contribution in [2.75, 3.05) is 11.9 Å². The number of nitrogens with one attached hydrogen (secondary N) is 1. The zero-order valence-corrected chi connectivity index (χ0v) is 22.1. The predicted molar refractivity (Wildman–Crippen MR) is 142 cm³/mol. The average molecular weight is 638 g/mol. The van der Waals surface area contributed by atoms with Crippen LogP contribution in [0.2, 0.25) is 5.02 Å². The number of carbonyl (C=O) groups excluding carboxylic acids is 1. The fourth-order valence-corrected chi connectivity index (χ4v) is 4.78. The lowest BCUT2D eigenvalue weighted by Gasteiger charge is -2.12. The molecule has 0 spiro atoms. The minimum atomic E-state index is -0.500. The Bertz CT molecular complexity index is 1200. The van der Waals surface area contributed by atoms with E-state index in [1.807, 2.05) is 43.3 Å². The van der Waals surface area contributed by atoms with Crippen molar-refractivity contribution in [1.82, 2.24) is 0 Å². The monoisotopic (exact) mass is 636 g/mol. The Hall–Kier alpha value is -2.54. The lowest BCUT2D eigenvalue weighted by Crippen LogP contribution is -2.13. The summed E-state index contributed by atoms with van der Waals surface area (Å²) in [5.41, 5.74) is 2.21. The van der Waals surface area contributed by atoms with Crippen molar-refractivity contribution in [3.63, 3.8) is 0 Å². The van der Waals surface area contributed by atoms with Crippen LogP contribution in [0, 0.1) is 14.9 Å². The molecule has 1 N–H and O–H groups in total. The van der Waals surface area contributed by atoms with Gasteiger partial charge in [-0.15, -0.1) is 0 Å². The number of anilines is 1. The molecule has 1 amide bonds. The minimum absolute atomic E-state index is 0.0191. The maximum Gasteiger partial charge on any atom is 0.266 e. The lowest BCUT2D eigenvalue weighted by atomic mass is 10.1. The highest BCUT2D eigenvalue weighted by Gasteiger charge is 2.13. The Morgan fingerprint density at radius 3 is 2.61 bits per heavy atom. The summed E-state index contributed by atoms with van der Waals surface area (Å²) in [5, 5.41) is 13.0. The molecule has 5 nitrogen and oxygen atoms in total. The number of hydrogen-bond donors (Lipinski definition) is 1. The van der Waals surface area contributed by atoms with Crippen LogP contribution < -0.4 is 14.8 Å². The number of ether oxygens (including phenoxy) is 2. The number of hydrogen-bond acceptors (Lipinski definition) is 4. The lowest BCUT2D eigenvalue weighted by molar-refractivity contribution is -0.112. The van der Waals surface area contributed by atoms with Gasteiger partial charge in [-0.25, -0.2) is 0 Å². The zero-order valence-electron chi connectivity index (χ0n) is 17.6. The van der Waals surface area contributed by atoms with Gasteiger partial charge < -0.3 is 14.8 Å². The molecule has 0 aliphatic rings. The minimum Gasteiger partial charge on any atom is -0.494 e. The fraction of sp³-hybridized carbons (Fsp3) is 0.120. The molecule has 0 atom stereocenters. The van der Waals surface area contributed by atoms with Crippen molar-refractivity contribution in [3.05, 3.63) is 90.4 Å². The summed E-state index contributed by atoms with van der Waals surface area (Å²) in [7, 11) is 0. The van der Waals surface area contributed by atoms with E-state index in [2.05, 4.69) is 43.8 Å². The Kier molecular flexibility index (Phi) is 9.18. The first kappa shape index (κ1) is 25.1. The number of amides is 1. The first-order valence-electron chi connectivity index (χ1n) is 9.92. The summed E-state index contributed by atoms with van der Waals surface area (Å²) in [6.45, 7) is 2.79. The first-order valence-corrected chi connectivity index (χ1v) is 12.2. The Balaban J connectivity index is 1.75. The number of nitriles is 1. The maximum absolute atomic E-state index is 12.6. The van der Waals surface area contributed by atoms with Crippen LogP contribution in [0.4, 0.5) is 5.69 Å². The summed E-state index contributed by atoms with van der Waals surface area (Å²) in [4.78, 5) is 12.6. The molecule has 3 aromatic rings. The highest BCUT2D eigenvalue weighted by atomic mass is 127. The quantitative estimate of drug-likeness (QED) is 0.161. The third-order valence-corrected chi connectivity index (χ3v) is 6.04. The smallest absolute Gasteiger partial charge is 0.266 e. The van der Waals surface area contributed by atoms with Gasteiger partial charge in [0.25, 0.3) is 5.91 Å². The van der Waals surface area contributed by atoms with Crippen LogP contribution in [-0.4, -0.2) is 12.5 Å². The van der Waals surface area contributed by atoms with E-state index in [9.17, 15) is 10.1 Å².